The highest BCUT2D eigenvalue weighted by atomic mass is 79.9. The topological polar surface area (TPSA) is 66.9 Å². The van der Waals surface area contributed by atoms with Gasteiger partial charge >= 0.3 is 5.97 Å². The molecule has 36 heavy (non-hydrogen) atoms. The number of nitrogens with zero attached hydrogens (tertiary/aromatic N) is 2. The molecule has 2 amide bonds. The molecule has 2 heterocycles. The zero-order chi connectivity index (χ0) is 25.3. The lowest BCUT2D eigenvalue weighted by molar-refractivity contribution is -0.154. The summed E-state index contributed by atoms with van der Waals surface area (Å²) in [6.45, 7) is 1.64. The molecule has 3 aromatic rings. The van der Waals surface area contributed by atoms with Gasteiger partial charge < -0.3 is 9.64 Å². The fourth-order valence-corrected chi connectivity index (χ4v) is 6.86. The fourth-order valence-electron chi connectivity index (χ4n) is 4.67. The van der Waals surface area contributed by atoms with E-state index < -0.39 is 22.4 Å². The molecule has 0 spiro atoms. The first kappa shape index (κ1) is 24.6. The molecule has 3 atom stereocenters. The summed E-state index contributed by atoms with van der Waals surface area (Å²) >= 11 is 5.11. The van der Waals surface area contributed by atoms with E-state index in [0.29, 0.717) is 11.4 Å². The third-order valence-electron chi connectivity index (χ3n) is 6.46. The summed E-state index contributed by atoms with van der Waals surface area (Å²) in [5, 5.41) is -0.223. The molecule has 5 rings (SSSR count). The van der Waals surface area contributed by atoms with Crippen LogP contribution >= 0.6 is 27.7 Å². The van der Waals surface area contributed by atoms with E-state index in [1.165, 1.54) is 18.7 Å². The van der Waals surface area contributed by atoms with E-state index >= 15 is 0 Å². The number of fused-ring (bicyclic) bond motifs is 1. The van der Waals surface area contributed by atoms with Crippen LogP contribution in [-0.4, -0.2) is 50.7 Å². The van der Waals surface area contributed by atoms with Crippen molar-refractivity contribution in [1.29, 1.82) is 0 Å². The lowest BCUT2D eigenvalue weighted by Gasteiger charge is -2.55. The molecule has 0 aromatic heterocycles. The van der Waals surface area contributed by atoms with Gasteiger partial charge in [0, 0.05) is 24.9 Å². The monoisotopic (exact) mass is 564 g/mol. The second-order valence-corrected chi connectivity index (χ2v) is 11.5. The molecule has 2 aliphatic rings. The van der Waals surface area contributed by atoms with Gasteiger partial charge in [-0.2, -0.15) is 0 Å². The van der Waals surface area contributed by atoms with Crippen LogP contribution in [0, 0.1) is 0 Å². The number of ether oxygens (including phenoxy) is 1. The maximum Gasteiger partial charge on any atom is 0.326 e. The molecular formula is C28H25BrN2O4S. The molecular weight excluding hydrogens is 540 g/mol. The fraction of sp³-hybridized carbons (Fsp3) is 0.250. The van der Waals surface area contributed by atoms with Crippen molar-refractivity contribution in [2.45, 2.75) is 28.8 Å². The van der Waals surface area contributed by atoms with Crippen LogP contribution in [0.4, 0.5) is 5.69 Å². The summed E-state index contributed by atoms with van der Waals surface area (Å²) in [5.74, 6) is -0.379. The van der Waals surface area contributed by atoms with Crippen molar-refractivity contribution in [2.24, 2.45) is 0 Å². The van der Waals surface area contributed by atoms with Crippen LogP contribution in [0.3, 0.4) is 0 Å². The smallest absolute Gasteiger partial charge is 0.326 e. The minimum atomic E-state index is -1.05. The maximum atomic E-state index is 13.5. The summed E-state index contributed by atoms with van der Waals surface area (Å²) in [6, 6.07) is 27.8. The van der Waals surface area contributed by atoms with Gasteiger partial charge in [0.1, 0.15) is 15.7 Å². The normalized spacial score (nSPS) is 23.0. The Hall–Kier alpha value is -3.10. The van der Waals surface area contributed by atoms with Crippen molar-refractivity contribution in [1.82, 2.24) is 4.90 Å². The van der Waals surface area contributed by atoms with E-state index in [1.54, 1.807) is 9.80 Å². The van der Waals surface area contributed by atoms with E-state index in [4.69, 9.17) is 4.74 Å². The first-order valence-electron chi connectivity index (χ1n) is 11.7. The van der Waals surface area contributed by atoms with Gasteiger partial charge in [-0.25, -0.2) is 0 Å². The van der Waals surface area contributed by atoms with Gasteiger partial charge in [-0.3, -0.25) is 19.3 Å². The van der Waals surface area contributed by atoms with Crippen LogP contribution < -0.4 is 4.90 Å². The minimum absolute atomic E-state index is 0.175. The average Bonchev–Trinajstić information content (AvgIpc) is 2.91. The van der Waals surface area contributed by atoms with Gasteiger partial charge in [-0.1, -0.05) is 94.8 Å². The standard InChI is InChI=1S/C28H25BrN2O4S/c1-19(32)31(22-15-9-4-10-16-22)23-25(33)30-17-28(29,18-36-26(23)30)27(34)35-24(20-11-5-2-6-12-20)21-13-7-3-8-14-21/h2-16,23-24,26H,17-18H2,1H3/t23?,26-,28?/m1/s1. The molecule has 2 unspecified atom stereocenters. The molecule has 0 N–H and O–H groups in total. The lowest BCUT2D eigenvalue weighted by Crippen LogP contribution is -2.75. The number of para-hydroxylation sites is 1. The summed E-state index contributed by atoms with van der Waals surface area (Å²) in [6.07, 6.45) is -0.567. The number of carbonyl (C=O) groups is 3. The highest BCUT2D eigenvalue weighted by Crippen LogP contribution is 2.45. The molecule has 184 valence electrons. The lowest BCUT2D eigenvalue weighted by atomic mass is 9.99. The maximum absolute atomic E-state index is 13.5. The predicted octanol–water partition coefficient (Wildman–Crippen LogP) is 4.79. The van der Waals surface area contributed by atoms with E-state index in [0.717, 1.165) is 11.1 Å². The minimum Gasteiger partial charge on any atom is -0.451 e. The number of hydrogen-bond acceptors (Lipinski definition) is 5. The largest absolute Gasteiger partial charge is 0.451 e. The van der Waals surface area contributed by atoms with E-state index in [2.05, 4.69) is 15.9 Å². The van der Waals surface area contributed by atoms with Gasteiger partial charge in [0.15, 0.2) is 6.10 Å². The van der Waals surface area contributed by atoms with Gasteiger partial charge in [0.2, 0.25) is 11.8 Å². The number of thioether (sulfide) groups is 1. The number of esters is 1. The van der Waals surface area contributed by atoms with E-state index in [9.17, 15) is 14.4 Å². The Morgan fingerprint density at radius 1 is 0.972 bits per heavy atom. The molecule has 2 aliphatic heterocycles. The summed E-state index contributed by atoms with van der Waals surface area (Å²) < 4.78 is 5.04. The van der Waals surface area contributed by atoms with Crippen LogP contribution in [0.5, 0.6) is 0 Å². The zero-order valence-electron chi connectivity index (χ0n) is 19.6. The number of benzene rings is 3. The van der Waals surface area contributed by atoms with Crippen molar-refractivity contribution < 1.29 is 19.1 Å². The number of β-lactam (4-membered cyclic amide) rings is 1. The molecule has 8 heteroatoms. The first-order valence-corrected chi connectivity index (χ1v) is 13.5. The highest BCUT2D eigenvalue weighted by Gasteiger charge is 2.59. The molecule has 0 aliphatic carbocycles. The van der Waals surface area contributed by atoms with Crippen molar-refractivity contribution in [3.8, 4) is 0 Å². The number of halogens is 1. The SMILES string of the molecule is CC(=O)N(c1ccccc1)C1C(=O)N2CC(Br)(C(=O)OC(c3ccccc3)c3ccccc3)CS[C@H]12. The second-order valence-electron chi connectivity index (χ2n) is 8.91. The van der Waals surface area contributed by atoms with Crippen molar-refractivity contribution in [3.63, 3.8) is 0 Å². The molecule has 0 saturated carbocycles. The number of carbonyl (C=O) groups excluding carboxylic acids is 3. The Bertz CT molecular complexity index is 1220. The van der Waals surface area contributed by atoms with Gasteiger partial charge in [-0.05, 0) is 23.3 Å². The second kappa shape index (κ2) is 10.1. The number of amides is 2. The predicted molar refractivity (Wildman–Crippen MR) is 144 cm³/mol. The van der Waals surface area contributed by atoms with Crippen molar-refractivity contribution in [2.75, 3.05) is 17.2 Å². The number of alkyl halides is 1. The molecule has 2 fully saturated rings. The molecule has 2 saturated heterocycles. The first-order chi connectivity index (χ1) is 17.4. The van der Waals surface area contributed by atoms with Gasteiger partial charge in [0.25, 0.3) is 0 Å². The van der Waals surface area contributed by atoms with Gasteiger partial charge in [0.05, 0.1) is 0 Å². The molecule has 0 radical (unpaired) electrons. The van der Waals surface area contributed by atoms with Crippen LogP contribution in [0.1, 0.15) is 24.2 Å². The summed E-state index contributed by atoms with van der Waals surface area (Å²) in [5.41, 5.74) is 2.43. The third kappa shape index (κ3) is 4.55. The average molecular weight is 565 g/mol. The van der Waals surface area contributed by atoms with Crippen LogP contribution in [0.2, 0.25) is 0 Å². The Morgan fingerprint density at radius 3 is 2.03 bits per heavy atom. The molecule has 0 bridgehead atoms. The summed E-state index contributed by atoms with van der Waals surface area (Å²) in [4.78, 5) is 42.5. The van der Waals surface area contributed by atoms with Crippen LogP contribution in [0.25, 0.3) is 0 Å². The Labute approximate surface area is 222 Å². The van der Waals surface area contributed by atoms with E-state index in [-0.39, 0.29) is 23.7 Å². The van der Waals surface area contributed by atoms with Crippen molar-refractivity contribution in [3.05, 3.63) is 102 Å². The summed E-state index contributed by atoms with van der Waals surface area (Å²) in [7, 11) is 0. The molecule has 6 nitrogen and oxygen atoms in total. The van der Waals surface area contributed by atoms with Crippen LogP contribution in [-0.2, 0) is 19.1 Å². The number of hydrogen-bond donors (Lipinski definition) is 0. The number of rotatable bonds is 6. The third-order valence-corrected chi connectivity index (χ3v) is 9.20. The van der Waals surface area contributed by atoms with Crippen LogP contribution in [0.15, 0.2) is 91.0 Å². The Kier molecular flexibility index (Phi) is 6.90. The quantitative estimate of drug-likeness (QED) is 0.244. The van der Waals surface area contributed by atoms with Gasteiger partial charge in [-0.15, -0.1) is 11.8 Å². The van der Waals surface area contributed by atoms with E-state index in [1.807, 2.05) is 91.0 Å². The van der Waals surface area contributed by atoms with Crippen molar-refractivity contribution >= 4 is 51.2 Å². The number of anilines is 1. The highest BCUT2D eigenvalue weighted by molar-refractivity contribution is 9.10. The Morgan fingerprint density at radius 2 is 1.50 bits per heavy atom. The Balaban J connectivity index is 1.34. The molecule has 3 aromatic carbocycles. The zero-order valence-corrected chi connectivity index (χ0v) is 22.0.